The van der Waals surface area contributed by atoms with E-state index in [0.29, 0.717) is 23.3 Å². The number of para-hydroxylation sites is 1. The zero-order chi connectivity index (χ0) is 51.6. The van der Waals surface area contributed by atoms with E-state index in [0.717, 1.165) is 0 Å². The number of hydrogen-bond donors (Lipinski definition) is 7. The lowest BCUT2D eigenvalue weighted by Gasteiger charge is -2.28. The molecule has 0 saturated heterocycles. The maximum absolute atomic E-state index is 14.5. The van der Waals surface area contributed by atoms with Gasteiger partial charge < -0.3 is 56.1 Å². The third kappa shape index (κ3) is 17.5. The Morgan fingerprint density at radius 3 is 1.81 bits per heavy atom. The summed E-state index contributed by atoms with van der Waals surface area (Å²) in [5, 5.41) is 25.2. The molecule has 19 heteroatoms. The van der Waals surface area contributed by atoms with Gasteiger partial charge in [0.25, 0.3) is 5.91 Å². The lowest BCUT2D eigenvalue weighted by Crippen LogP contribution is -2.57. The molecule has 1 unspecified atom stereocenters. The Bertz CT molecular complexity index is 2240. The number of anilines is 1. The van der Waals surface area contributed by atoms with Gasteiger partial charge >= 0.3 is 12.1 Å². The molecule has 376 valence electrons. The minimum Gasteiger partial charge on any atom is -0.489 e. The van der Waals surface area contributed by atoms with Crippen molar-refractivity contribution in [2.45, 2.75) is 124 Å². The Hall–Kier alpha value is -7.02. The van der Waals surface area contributed by atoms with Crippen LogP contribution in [0.2, 0.25) is 0 Å². The molecule has 0 aliphatic rings. The summed E-state index contributed by atoms with van der Waals surface area (Å²) in [5.41, 5.74) is 0.595. The van der Waals surface area contributed by atoms with Crippen LogP contribution in [0.1, 0.15) is 90.2 Å². The van der Waals surface area contributed by atoms with Crippen LogP contribution in [0, 0.1) is 11.8 Å². The second-order valence-corrected chi connectivity index (χ2v) is 18.0. The minimum atomic E-state index is -1.44. The van der Waals surface area contributed by atoms with Gasteiger partial charge in [-0.15, -0.1) is 0 Å². The summed E-state index contributed by atoms with van der Waals surface area (Å²) < 4.78 is 16.1. The predicted octanol–water partition coefficient (Wildman–Crippen LogP) is 3.31. The number of likely N-dealkylation sites (N-methyl/N-ethyl adjacent to an activating group) is 1. The van der Waals surface area contributed by atoms with Crippen molar-refractivity contribution in [1.82, 2.24) is 31.9 Å². The number of aliphatic hydroxyl groups excluding tert-OH is 1. The number of hydrogen-bond acceptors (Lipinski definition) is 12. The largest absolute Gasteiger partial charge is 0.489 e. The number of esters is 1. The van der Waals surface area contributed by atoms with Gasteiger partial charge in [-0.2, -0.15) is 0 Å². The lowest BCUT2D eigenvalue weighted by molar-refractivity contribution is -0.146. The van der Waals surface area contributed by atoms with Crippen LogP contribution in [-0.4, -0.2) is 115 Å². The molecule has 0 aromatic heterocycles. The highest BCUT2D eigenvalue weighted by atomic mass is 16.6. The number of nitrogens with zero attached hydrogens (tertiary/aromatic N) is 1. The number of benzene rings is 3. The molecule has 69 heavy (non-hydrogen) atoms. The first-order valence-electron chi connectivity index (χ1n) is 22.8. The molecule has 0 heterocycles. The van der Waals surface area contributed by atoms with Gasteiger partial charge in [0, 0.05) is 30.3 Å². The standard InChI is InChI=1S/C50H69N7O12/c1-12-30(4)41(46(63)55-40(29(2)3)48(65)67-11)56-44(61)37-26-35(24-23-34(37)28-68-36-21-17-14-18-22-36)57(10)47(64)38(25-33-19-15-13-16-20-33)53-43(60)32(6)51-42(59)31(5)52-45(62)39(27-58)54-49(66)69-50(7,8)9/h13-24,26,29-32,38-41,58H,12,25,27-28H2,1-11H3,(H,51,59)(H,52,62)(H,53,60)(H,54,66)(H,55,63)(H,56,61)/t30?,31-,32-,38-,39-,40-,41-/m0/s1. The van der Waals surface area contributed by atoms with Crippen LogP contribution in [0.3, 0.4) is 0 Å². The fourth-order valence-electron chi connectivity index (χ4n) is 6.71. The highest BCUT2D eigenvalue weighted by Crippen LogP contribution is 2.24. The Morgan fingerprint density at radius 1 is 0.681 bits per heavy atom. The number of carbonyl (C=O) groups excluding carboxylic acids is 8. The smallest absolute Gasteiger partial charge is 0.408 e. The Labute approximate surface area is 404 Å². The molecule has 0 bridgehead atoms. The molecule has 0 fully saturated rings. The molecule has 0 aliphatic carbocycles. The predicted molar refractivity (Wildman–Crippen MR) is 258 cm³/mol. The van der Waals surface area contributed by atoms with E-state index < -0.39 is 96.0 Å². The van der Waals surface area contributed by atoms with Gasteiger partial charge in [0.05, 0.1) is 13.7 Å². The van der Waals surface area contributed by atoms with Crippen LogP contribution in [0.25, 0.3) is 0 Å². The average molecular weight is 960 g/mol. The third-order valence-corrected chi connectivity index (χ3v) is 11.0. The van der Waals surface area contributed by atoms with Gasteiger partial charge in [0.2, 0.25) is 29.5 Å². The maximum atomic E-state index is 14.5. The van der Waals surface area contributed by atoms with Gasteiger partial charge in [0.15, 0.2) is 0 Å². The van der Waals surface area contributed by atoms with Crippen molar-refractivity contribution < 1.29 is 57.7 Å². The van der Waals surface area contributed by atoms with Gasteiger partial charge in [-0.25, -0.2) is 9.59 Å². The number of amides is 7. The summed E-state index contributed by atoms with van der Waals surface area (Å²) in [6.45, 7) is 13.9. The molecule has 7 atom stereocenters. The number of methoxy groups -OCH3 is 1. The quantitative estimate of drug-likeness (QED) is 0.0676. The lowest BCUT2D eigenvalue weighted by atomic mass is 9.96. The summed E-state index contributed by atoms with van der Waals surface area (Å²) in [6.07, 6.45) is -0.426. The van der Waals surface area contributed by atoms with Crippen molar-refractivity contribution in [2.24, 2.45) is 11.8 Å². The SMILES string of the molecule is CCC(C)[C@H](NC(=O)c1cc(N(C)C(=O)[C@H](Cc2ccccc2)NC(=O)[C@H](C)NC(=O)[C@H](C)NC(=O)[C@H](CO)NC(=O)OC(C)(C)C)ccc1COc1ccccc1)C(=O)N[C@H](C(=O)OC)C(C)C. The topological polar surface area (TPSA) is 260 Å². The number of aliphatic hydroxyl groups is 1. The molecule has 3 rings (SSSR count). The van der Waals surface area contributed by atoms with Crippen LogP contribution >= 0.6 is 0 Å². The van der Waals surface area contributed by atoms with Crippen molar-refractivity contribution in [3.05, 3.63) is 95.6 Å². The Morgan fingerprint density at radius 2 is 1.26 bits per heavy atom. The summed E-state index contributed by atoms with van der Waals surface area (Å²) in [6, 6.07) is 15.4. The van der Waals surface area contributed by atoms with E-state index in [1.807, 2.05) is 13.0 Å². The fourth-order valence-corrected chi connectivity index (χ4v) is 6.71. The van der Waals surface area contributed by atoms with Gasteiger partial charge in [-0.05, 0) is 76.3 Å². The number of alkyl carbamates (subject to hydrolysis) is 1. The molecule has 3 aromatic rings. The van der Waals surface area contributed by atoms with Crippen molar-refractivity contribution >= 4 is 53.2 Å². The molecular weight excluding hydrogens is 891 g/mol. The normalized spacial score (nSPS) is 14.2. The number of ether oxygens (including phenoxy) is 3. The molecule has 0 saturated carbocycles. The molecule has 3 aromatic carbocycles. The third-order valence-electron chi connectivity index (χ3n) is 11.0. The number of nitrogens with one attached hydrogen (secondary N) is 6. The van der Waals surface area contributed by atoms with Crippen molar-refractivity contribution in [3.63, 3.8) is 0 Å². The first-order valence-corrected chi connectivity index (χ1v) is 22.8. The van der Waals surface area contributed by atoms with E-state index in [4.69, 9.17) is 14.2 Å². The number of rotatable bonds is 23. The molecule has 19 nitrogen and oxygen atoms in total. The Kier molecular flexibility index (Phi) is 21.6. The molecule has 7 amide bonds. The van der Waals surface area contributed by atoms with Gasteiger partial charge in [-0.1, -0.05) is 88.7 Å². The highest BCUT2D eigenvalue weighted by Gasteiger charge is 2.34. The Balaban J connectivity index is 1.91. The molecule has 0 spiro atoms. The van der Waals surface area contributed by atoms with Crippen molar-refractivity contribution in [3.8, 4) is 5.75 Å². The first-order chi connectivity index (χ1) is 32.5. The van der Waals surface area contributed by atoms with E-state index in [1.165, 1.54) is 39.0 Å². The van der Waals surface area contributed by atoms with Crippen LogP contribution in [0.5, 0.6) is 5.75 Å². The molecule has 0 radical (unpaired) electrons. The summed E-state index contributed by atoms with van der Waals surface area (Å²) >= 11 is 0. The summed E-state index contributed by atoms with van der Waals surface area (Å²) in [4.78, 5) is 109. The van der Waals surface area contributed by atoms with E-state index in [2.05, 4.69) is 31.9 Å². The average Bonchev–Trinajstić information content (AvgIpc) is 3.31. The zero-order valence-corrected chi connectivity index (χ0v) is 41.3. The van der Waals surface area contributed by atoms with E-state index >= 15 is 0 Å². The molecule has 0 aliphatic heterocycles. The zero-order valence-electron chi connectivity index (χ0n) is 41.3. The summed E-state index contributed by atoms with van der Waals surface area (Å²) in [7, 11) is 2.70. The number of carbonyl (C=O) groups is 8. The van der Waals surface area contributed by atoms with E-state index in [9.17, 15) is 43.5 Å². The first kappa shape index (κ1) is 56.3. The molecular formula is C50H69N7O12. The molecule has 7 N–H and O–H groups in total. The fraction of sp³-hybridized carbons (Fsp3) is 0.480. The van der Waals surface area contributed by atoms with E-state index in [-0.39, 0.29) is 36.1 Å². The van der Waals surface area contributed by atoms with Crippen LogP contribution in [0.15, 0.2) is 78.9 Å². The summed E-state index contributed by atoms with van der Waals surface area (Å²) in [5.74, 6) is -5.00. The minimum absolute atomic E-state index is 0.0288. The van der Waals surface area contributed by atoms with Gasteiger partial charge in [0.1, 0.15) is 54.2 Å². The maximum Gasteiger partial charge on any atom is 0.408 e. The van der Waals surface area contributed by atoms with Crippen molar-refractivity contribution in [2.75, 3.05) is 25.7 Å². The van der Waals surface area contributed by atoms with Crippen LogP contribution < -0.4 is 41.5 Å². The monoisotopic (exact) mass is 960 g/mol. The van der Waals surface area contributed by atoms with E-state index in [1.54, 1.807) is 108 Å². The second kappa shape index (κ2) is 26.5. The van der Waals surface area contributed by atoms with Crippen molar-refractivity contribution in [1.29, 1.82) is 0 Å². The van der Waals surface area contributed by atoms with Crippen LogP contribution in [-0.2, 0) is 51.3 Å². The van der Waals surface area contributed by atoms with Crippen LogP contribution in [0.4, 0.5) is 10.5 Å². The highest BCUT2D eigenvalue weighted by molar-refractivity contribution is 6.03. The van der Waals surface area contributed by atoms with Gasteiger partial charge in [-0.3, -0.25) is 28.8 Å². The second-order valence-electron chi connectivity index (χ2n) is 18.0.